The maximum Gasteiger partial charge on any atom is 0.417 e. The molecule has 0 saturated heterocycles. The molecule has 7 nitrogen and oxygen atoms in total. The van der Waals surface area contributed by atoms with Crippen LogP contribution in [0, 0.1) is 0 Å². The summed E-state index contributed by atoms with van der Waals surface area (Å²) in [5, 5.41) is 18.2. The van der Waals surface area contributed by atoms with Crippen LogP contribution in [0.3, 0.4) is 0 Å². The van der Waals surface area contributed by atoms with Crippen LogP contribution in [0.4, 0.5) is 32.0 Å². The van der Waals surface area contributed by atoms with Crippen molar-refractivity contribution in [3.8, 4) is 0 Å². The van der Waals surface area contributed by atoms with Crippen LogP contribution in [-0.4, -0.2) is 51.6 Å². The highest BCUT2D eigenvalue weighted by Crippen LogP contribution is 2.42. The molecule has 176 valence electrons. The average Bonchev–Trinajstić information content (AvgIpc) is 2.78. The zero-order valence-electron chi connectivity index (χ0n) is 16.4. The summed E-state index contributed by atoms with van der Waals surface area (Å²) in [7, 11) is 0. The van der Waals surface area contributed by atoms with Crippen LogP contribution < -0.4 is 4.90 Å². The molecule has 1 aromatic carbocycles. The van der Waals surface area contributed by atoms with Crippen molar-refractivity contribution in [2.45, 2.75) is 44.2 Å². The normalized spacial score (nSPS) is 18.5. The second-order valence-electron chi connectivity index (χ2n) is 7.07. The lowest BCUT2D eigenvalue weighted by atomic mass is 10.0. The molecule has 2 atom stereocenters. The van der Waals surface area contributed by atoms with E-state index in [1.165, 1.54) is 6.92 Å². The van der Waals surface area contributed by atoms with Gasteiger partial charge in [0.1, 0.15) is 6.04 Å². The highest BCUT2D eigenvalue weighted by molar-refractivity contribution is 5.92. The fraction of sp³-hybridized carbons (Fsp3) is 0.421. The fourth-order valence-electron chi connectivity index (χ4n) is 3.32. The summed E-state index contributed by atoms with van der Waals surface area (Å²) < 4.78 is 78.8. The second kappa shape index (κ2) is 9.09. The Balaban J connectivity index is 2.42. The molecular weight excluding hydrogens is 450 g/mol. The van der Waals surface area contributed by atoms with Crippen molar-refractivity contribution >= 4 is 23.5 Å². The van der Waals surface area contributed by atoms with Crippen LogP contribution in [0.15, 0.2) is 30.5 Å². The minimum Gasteiger partial charge on any atom is -0.481 e. The maximum atomic E-state index is 13.3. The molecule has 0 fully saturated rings. The molecule has 0 spiro atoms. The molecule has 2 rings (SSSR count). The summed E-state index contributed by atoms with van der Waals surface area (Å²) >= 11 is 0. The third kappa shape index (κ3) is 5.71. The number of amides is 1. The molecule has 0 radical (unpaired) electrons. The summed E-state index contributed by atoms with van der Waals surface area (Å²) in [6, 6.07) is -0.942. The van der Waals surface area contributed by atoms with Crippen molar-refractivity contribution in [3.63, 3.8) is 0 Å². The molecule has 0 unspecified atom stereocenters. The van der Waals surface area contributed by atoms with Gasteiger partial charge in [-0.2, -0.15) is 26.3 Å². The van der Waals surface area contributed by atoms with Gasteiger partial charge in [-0.05, 0) is 31.5 Å². The summed E-state index contributed by atoms with van der Waals surface area (Å²) in [6.07, 6.45) is -9.58. The first-order valence-electron chi connectivity index (χ1n) is 9.13. The van der Waals surface area contributed by atoms with Gasteiger partial charge in [0.25, 0.3) is 0 Å². The van der Waals surface area contributed by atoms with E-state index in [1.54, 1.807) is 0 Å². The van der Waals surface area contributed by atoms with Crippen LogP contribution in [0.5, 0.6) is 0 Å². The Labute approximate surface area is 177 Å². The van der Waals surface area contributed by atoms with Gasteiger partial charge in [-0.1, -0.05) is 0 Å². The maximum absolute atomic E-state index is 13.3. The Kier molecular flexibility index (Phi) is 7.10. The van der Waals surface area contributed by atoms with Crippen LogP contribution >= 0.6 is 0 Å². The second-order valence-corrected chi connectivity index (χ2v) is 7.07. The molecule has 0 bridgehead atoms. The van der Waals surface area contributed by atoms with Crippen molar-refractivity contribution in [2.75, 3.05) is 11.4 Å². The van der Waals surface area contributed by atoms with E-state index in [0.29, 0.717) is 6.07 Å². The third-order valence-electron chi connectivity index (χ3n) is 4.80. The number of carboxylic acids is 2. The van der Waals surface area contributed by atoms with E-state index < -0.39 is 66.3 Å². The summed E-state index contributed by atoms with van der Waals surface area (Å²) in [5.41, 5.74) is -4.06. The van der Waals surface area contributed by atoms with E-state index in [2.05, 4.69) is 0 Å². The number of anilines is 1. The number of carbonyl (C=O) groups is 3. The average molecular weight is 468 g/mol. The van der Waals surface area contributed by atoms with Gasteiger partial charge in [-0.25, -0.2) is 4.79 Å². The van der Waals surface area contributed by atoms with Crippen LogP contribution in [-0.2, 0) is 26.7 Å². The van der Waals surface area contributed by atoms with Gasteiger partial charge < -0.3 is 20.0 Å². The van der Waals surface area contributed by atoms with Gasteiger partial charge in [0.15, 0.2) is 0 Å². The van der Waals surface area contributed by atoms with Crippen LogP contribution in [0.2, 0.25) is 0 Å². The predicted octanol–water partition coefficient (Wildman–Crippen LogP) is 3.59. The van der Waals surface area contributed by atoms with Crippen molar-refractivity contribution in [3.05, 3.63) is 41.6 Å². The molecule has 0 aliphatic carbocycles. The third-order valence-corrected chi connectivity index (χ3v) is 4.80. The zero-order chi connectivity index (χ0) is 24.4. The van der Waals surface area contributed by atoms with Crippen molar-refractivity contribution < 1.29 is 50.9 Å². The first kappa shape index (κ1) is 25.0. The fourth-order valence-corrected chi connectivity index (χ4v) is 3.32. The highest BCUT2D eigenvalue weighted by Gasteiger charge is 2.43. The van der Waals surface area contributed by atoms with Crippen LogP contribution in [0.25, 0.3) is 0 Å². The number of alkyl halides is 6. The summed E-state index contributed by atoms with van der Waals surface area (Å²) in [5.74, 6) is -3.59. The largest absolute Gasteiger partial charge is 0.481 e. The number of hydrogen-bond acceptors (Lipinski definition) is 4. The summed E-state index contributed by atoms with van der Waals surface area (Å²) in [4.78, 5) is 36.7. The zero-order valence-corrected chi connectivity index (χ0v) is 16.4. The topological polar surface area (TPSA) is 98.1 Å². The molecule has 1 aromatic rings. The van der Waals surface area contributed by atoms with Gasteiger partial charge >= 0.3 is 24.3 Å². The Bertz CT molecular complexity index is 928. The highest BCUT2D eigenvalue weighted by atomic mass is 19.4. The number of benzene rings is 1. The number of nitrogens with zero attached hydrogens (tertiary/aromatic N) is 2. The van der Waals surface area contributed by atoms with Gasteiger partial charge in [0.05, 0.1) is 11.1 Å². The molecule has 2 N–H and O–H groups in total. The number of halogens is 6. The van der Waals surface area contributed by atoms with Gasteiger partial charge in [0, 0.05) is 37.0 Å². The first-order chi connectivity index (χ1) is 14.6. The minimum absolute atomic E-state index is 0.288. The van der Waals surface area contributed by atoms with Crippen molar-refractivity contribution in [1.29, 1.82) is 0 Å². The Hall–Kier alpha value is -3.25. The van der Waals surface area contributed by atoms with E-state index in [1.807, 2.05) is 0 Å². The smallest absolute Gasteiger partial charge is 0.417 e. The standard InChI is InChI=1S/C19H18F6N2O5/c1-10-9-27(14(17(31)32)4-5-16(29)30)15(28)6-7-26(10)11-2-3-12(18(20,21)22)13(8-11)19(23,24)25/h2-3,6-8,10,14H,4-5,9H2,1H3,(H,29,30)(H,31,32)/t10-,14+/m1/s1. The van der Waals surface area contributed by atoms with Gasteiger partial charge in [0.2, 0.25) is 5.91 Å². The lowest BCUT2D eigenvalue weighted by Gasteiger charge is -2.33. The van der Waals surface area contributed by atoms with Crippen molar-refractivity contribution in [2.24, 2.45) is 0 Å². The first-order valence-corrected chi connectivity index (χ1v) is 9.13. The number of hydrogen-bond donors (Lipinski definition) is 2. The lowest BCUT2D eigenvalue weighted by Crippen LogP contribution is -2.48. The Morgan fingerprint density at radius 1 is 1.09 bits per heavy atom. The molecule has 1 aliphatic rings. The van der Waals surface area contributed by atoms with E-state index in [9.17, 15) is 45.8 Å². The number of carbonyl (C=O) groups excluding carboxylic acids is 1. The molecule has 1 heterocycles. The molecule has 1 amide bonds. The quantitative estimate of drug-likeness (QED) is 0.620. The SMILES string of the molecule is C[C@@H]1CN([C@@H](CCC(=O)O)C(=O)O)C(=O)C=CN1c1ccc(C(F)(F)F)c(C(F)(F)F)c1. The summed E-state index contributed by atoms with van der Waals surface area (Å²) in [6.45, 7) is 1.10. The van der Waals surface area contributed by atoms with E-state index in [0.717, 1.165) is 28.1 Å². The van der Waals surface area contributed by atoms with E-state index in [4.69, 9.17) is 5.11 Å². The van der Waals surface area contributed by atoms with Gasteiger partial charge in [-0.3, -0.25) is 9.59 Å². The molecule has 1 aliphatic heterocycles. The Morgan fingerprint density at radius 2 is 1.69 bits per heavy atom. The van der Waals surface area contributed by atoms with Crippen molar-refractivity contribution in [1.82, 2.24) is 4.90 Å². The minimum atomic E-state index is -5.30. The number of carboxylic acid groups (broad SMARTS) is 2. The Morgan fingerprint density at radius 3 is 2.19 bits per heavy atom. The van der Waals surface area contributed by atoms with E-state index in [-0.39, 0.29) is 18.3 Å². The van der Waals surface area contributed by atoms with Gasteiger partial charge in [-0.15, -0.1) is 0 Å². The molecule has 32 heavy (non-hydrogen) atoms. The lowest BCUT2D eigenvalue weighted by molar-refractivity contribution is -0.162. The number of aliphatic carboxylic acids is 2. The monoisotopic (exact) mass is 468 g/mol. The molecular formula is C19H18F6N2O5. The van der Waals surface area contributed by atoms with Crippen LogP contribution in [0.1, 0.15) is 30.9 Å². The molecule has 0 saturated carbocycles. The predicted molar refractivity (Wildman–Crippen MR) is 97.5 cm³/mol. The molecule has 13 heteroatoms. The molecule has 0 aromatic heterocycles. The number of rotatable bonds is 6. The van der Waals surface area contributed by atoms with E-state index >= 15 is 0 Å².